The highest BCUT2D eigenvalue weighted by molar-refractivity contribution is 9.10. The number of rotatable bonds is 5. The minimum absolute atomic E-state index is 0.112. The van der Waals surface area contributed by atoms with Crippen molar-refractivity contribution in [3.8, 4) is 0 Å². The summed E-state index contributed by atoms with van der Waals surface area (Å²) in [6.07, 6.45) is -4.86. The van der Waals surface area contributed by atoms with Gasteiger partial charge in [-0.1, -0.05) is 6.07 Å². The van der Waals surface area contributed by atoms with Gasteiger partial charge in [0.1, 0.15) is 17.4 Å². The zero-order chi connectivity index (χ0) is 20.5. The van der Waals surface area contributed by atoms with Crippen LogP contribution < -0.4 is 0 Å². The molecule has 1 fully saturated rings. The Morgan fingerprint density at radius 3 is 2.79 bits per heavy atom. The first-order valence-electron chi connectivity index (χ1n) is 8.38. The molecule has 0 aliphatic carbocycles. The molecule has 28 heavy (non-hydrogen) atoms. The fraction of sp³-hybridized carbons (Fsp3) is 0.471. The van der Waals surface area contributed by atoms with Gasteiger partial charge in [-0.05, 0) is 53.0 Å². The summed E-state index contributed by atoms with van der Waals surface area (Å²) in [6, 6.07) is 5.55. The molecule has 11 heteroatoms. The molecule has 0 saturated carbocycles. The molecule has 0 N–H and O–H groups in total. The number of nitrogens with zero attached hydrogens (tertiary/aromatic N) is 2. The predicted octanol–water partition coefficient (Wildman–Crippen LogP) is 3.96. The average Bonchev–Trinajstić information content (AvgIpc) is 3.02. The van der Waals surface area contributed by atoms with Crippen LogP contribution in [0.15, 0.2) is 39.8 Å². The molecule has 154 valence electrons. The Labute approximate surface area is 168 Å². The molecule has 2 aromatic rings. The standard InChI is InChI=1S/C17H18BrF3N2O4S/c1-26-10-23-14(9-16(18)22-23)15-8-13(5-6-27-15)28(24,25)12-4-2-3-11(7-12)17(19,20)21/h2-4,7,9,13,15H,5-6,8,10H2,1H3. The predicted molar refractivity (Wildman–Crippen MR) is 97.3 cm³/mol. The second-order valence-corrected chi connectivity index (χ2v) is 9.43. The van der Waals surface area contributed by atoms with Crippen molar-refractivity contribution in [2.24, 2.45) is 0 Å². The van der Waals surface area contributed by atoms with E-state index >= 15 is 0 Å². The fourth-order valence-corrected chi connectivity index (χ4v) is 5.38. The van der Waals surface area contributed by atoms with Gasteiger partial charge in [0.05, 0.1) is 21.4 Å². The molecule has 0 bridgehead atoms. The lowest BCUT2D eigenvalue weighted by Crippen LogP contribution is -2.32. The number of aromatic nitrogens is 2. The van der Waals surface area contributed by atoms with E-state index in [1.165, 1.54) is 13.2 Å². The van der Waals surface area contributed by atoms with E-state index in [-0.39, 0.29) is 31.1 Å². The van der Waals surface area contributed by atoms with Crippen molar-refractivity contribution in [2.45, 2.75) is 42.0 Å². The maximum absolute atomic E-state index is 13.0. The Hall–Kier alpha value is -1.43. The molecule has 3 rings (SSSR count). The number of halogens is 4. The average molecular weight is 483 g/mol. The number of hydrogen-bond donors (Lipinski definition) is 0. The van der Waals surface area contributed by atoms with Gasteiger partial charge in [-0.15, -0.1) is 0 Å². The van der Waals surface area contributed by atoms with Gasteiger partial charge in [0.2, 0.25) is 0 Å². The van der Waals surface area contributed by atoms with E-state index in [0.717, 1.165) is 12.1 Å². The smallest absolute Gasteiger partial charge is 0.372 e. The molecule has 2 atom stereocenters. The first kappa shape index (κ1) is 21.3. The van der Waals surface area contributed by atoms with Crippen LogP contribution in [0.4, 0.5) is 13.2 Å². The van der Waals surface area contributed by atoms with Crippen LogP contribution in [-0.2, 0) is 32.2 Å². The first-order valence-corrected chi connectivity index (χ1v) is 10.7. The van der Waals surface area contributed by atoms with Crippen LogP contribution in [0.5, 0.6) is 0 Å². The summed E-state index contributed by atoms with van der Waals surface area (Å²) in [7, 11) is -2.45. The lowest BCUT2D eigenvalue weighted by molar-refractivity contribution is -0.137. The summed E-state index contributed by atoms with van der Waals surface area (Å²) in [6.45, 7) is 0.329. The molecular weight excluding hydrogens is 465 g/mol. The second-order valence-electron chi connectivity index (χ2n) is 6.39. The van der Waals surface area contributed by atoms with Gasteiger partial charge in [0, 0.05) is 13.7 Å². The molecule has 0 spiro atoms. The van der Waals surface area contributed by atoms with Crippen molar-refractivity contribution in [1.29, 1.82) is 0 Å². The van der Waals surface area contributed by atoms with Gasteiger partial charge >= 0.3 is 6.18 Å². The van der Waals surface area contributed by atoms with Crippen LogP contribution in [0.1, 0.15) is 30.2 Å². The molecule has 0 radical (unpaired) electrons. The number of ether oxygens (including phenoxy) is 2. The second kappa shape index (κ2) is 8.13. The number of benzene rings is 1. The lowest BCUT2D eigenvalue weighted by Gasteiger charge is -2.29. The molecule has 1 saturated heterocycles. The molecule has 0 amide bonds. The summed E-state index contributed by atoms with van der Waals surface area (Å²) in [5.41, 5.74) is -0.350. The Balaban J connectivity index is 1.88. The van der Waals surface area contributed by atoms with Crippen molar-refractivity contribution >= 4 is 25.8 Å². The Bertz CT molecular complexity index is 946. The van der Waals surface area contributed by atoms with E-state index in [2.05, 4.69) is 21.0 Å². The van der Waals surface area contributed by atoms with Gasteiger partial charge in [-0.2, -0.15) is 18.3 Å². The third-order valence-corrected chi connectivity index (χ3v) is 7.13. The summed E-state index contributed by atoms with van der Waals surface area (Å²) < 4.78 is 77.7. The van der Waals surface area contributed by atoms with E-state index in [4.69, 9.17) is 9.47 Å². The van der Waals surface area contributed by atoms with Crippen LogP contribution >= 0.6 is 15.9 Å². The Morgan fingerprint density at radius 1 is 1.36 bits per heavy atom. The van der Waals surface area contributed by atoms with Crippen molar-refractivity contribution in [2.75, 3.05) is 13.7 Å². The highest BCUT2D eigenvalue weighted by Crippen LogP contribution is 2.36. The van der Waals surface area contributed by atoms with Gasteiger partial charge < -0.3 is 9.47 Å². The van der Waals surface area contributed by atoms with Crippen molar-refractivity contribution in [1.82, 2.24) is 9.78 Å². The summed E-state index contributed by atoms with van der Waals surface area (Å²) in [4.78, 5) is -0.334. The number of hydrogen-bond acceptors (Lipinski definition) is 5. The highest BCUT2D eigenvalue weighted by atomic mass is 79.9. The third kappa shape index (κ3) is 4.42. The molecule has 1 aliphatic heterocycles. The monoisotopic (exact) mass is 482 g/mol. The number of alkyl halides is 3. The molecular formula is C17H18BrF3N2O4S. The Kier molecular flexibility index (Phi) is 6.18. The van der Waals surface area contributed by atoms with Crippen molar-refractivity contribution in [3.05, 3.63) is 46.2 Å². The zero-order valence-electron chi connectivity index (χ0n) is 14.8. The fourth-order valence-electron chi connectivity index (χ4n) is 3.18. The Morgan fingerprint density at radius 2 is 2.11 bits per heavy atom. The molecule has 1 aromatic carbocycles. The summed E-state index contributed by atoms with van der Waals surface area (Å²) in [5, 5.41) is 3.35. The van der Waals surface area contributed by atoms with Crippen molar-refractivity contribution in [3.63, 3.8) is 0 Å². The van der Waals surface area contributed by atoms with Crippen LogP contribution in [-0.4, -0.2) is 37.2 Å². The maximum atomic E-state index is 13.0. The molecule has 1 aromatic heterocycles. The SMILES string of the molecule is COCn1nc(Br)cc1C1CC(S(=O)(=O)c2cccc(C(F)(F)F)c2)CCO1. The molecule has 2 unspecified atom stereocenters. The van der Waals surface area contributed by atoms with E-state index < -0.39 is 32.9 Å². The van der Waals surface area contributed by atoms with Crippen LogP contribution in [0.25, 0.3) is 0 Å². The zero-order valence-corrected chi connectivity index (χ0v) is 17.2. The molecule has 2 heterocycles. The summed E-state index contributed by atoms with van der Waals surface area (Å²) >= 11 is 3.27. The highest BCUT2D eigenvalue weighted by Gasteiger charge is 2.37. The summed E-state index contributed by atoms with van der Waals surface area (Å²) in [5.74, 6) is 0. The lowest BCUT2D eigenvalue weighted by atomic mass is 10.1. The molecule has 1 aliphatic rings. The quantitative estimate of drug-likeness (QED) is 0.644. The number of sulfone groups is 1. The molecule has 6 nitrogen and oxygen atoms in total. The van der Waals surface area contributed by atoms with Crippen molar-refractivity contribution < 1.29 is 31.1 Å². The van der Waals surface area contributed by atoms with Gasteiger partial charge in [-0.3, -0.25) is 0 Å². The van der Waals surface area contributed by atoms with E-state index in [1.807, 2.05) is 0 Å². The van der Waals surface area contributed by atoms with Crippen LogP contribution in [0.2, 0.25) is 0 Å². The van der Waals surface area contributed by atoms with Gasteiger partial charge in [0.25, 0.3) is 0 Å². The van der Waals surface area contributed by atoms with E-state index in [0.29, 0.717) is 16.4 Å². The van der Waals surface area contributed by atoms with E-state index in [9.17, 15) is 21.6 Å². The van der Waals surface area contributed by atoms with Gasteiger partial charge in [0.15, 0.2) is 9.84 Å². The number of methoxy groups -OCH3 is 1. The first-order chi connectivity index (χ1) is 13.1. The van der Waals surface area contributed by atoms with Crippen LogP contribution in [0.3, 0.4) is 0 Å². The normalized spacial score (nSPS) is 21.0. The minimum Gasteiger partial charge on any atom is -0.372 e. The topological polar surface area (TPSA) is 70.4 Å². The minimum atomic E-state index is -4.61. The maximum Gasteiger partial charge on any atom is 0.416 e. The van der Waals surface area contributed by atoms with E-state index in [1.54, 1.807) is 10.7 Å². The third-order valence-electron chi connectivity index (χ3n) is 4.53. The van der Waals surface area contributed by atoms with Gasteiger partial charge in [-0.25, -0.2) is 13.1 Å². The van der Waals surface area contributed by atoms with Crippen LogP contribution in [0, 0.1) is 0 Å². The largest absolute Gasteiger partial charge is 0.416 e.